The van der Waals surface area contributed by atoms with Crippen LogP contribution in [0.15, 0.2) is 77.7 Å². The fraction of sp³-hybridized carbons (Fsp3) is 0.286. The summed E-state index contributed by atoms with van der Waals surface area (Å²) >= 11 is 19.0. The number of hydrogen-bond acceptors (Lipinski definition) is 4. The van der Waals surface area contributed by atoms with Gasteiger partial charge in [-0.05, 0) is 70.2 Å². The van der Waals surface area contributed by atoms with Gasteiger partial charge in [0.15, 0.2) is 0 Å². The van der Waals surface area contributed by atoms with Crippen LogP contribution in [0.2, 0.25) is 15.1 Å². The molecule has 3 aromatic rings. The fourth-order valence-corrected chi connectivity index (χ4v) is 5.92. The minimum atomic E-state index is -4.19. The van der Waals surface area contributed by atoms with Crippen LogP contribution in [0.25, 0.3) is 0 Å². The highest BCUT2D eigenvalue weighted by Gasteiger charge is 2.34. The summed E-state index contributed by atoms with van der Waals surface area (Å²) in [4.78, 5) is 28.4. The predicted molar refractivity (Wildman–Crippen MR) is 157 cm³/mol. The van der Waals surface area contributed by atoms with Crippen LogP contribution >= 0.6 is 34.8 Å². The van der Waals surface area contributed by atoms with Crippen LogP contribution < -0.4 is 9.62 Å². The van der Waals surface area contributed by atoms with E-state index < -0.39 is 40.0 Å². The van der Waals surface area contributed by atoms with Crippen molar-refractivity contribution in [2.24, 2.45) is 0 Å². The lowest BCUT2D eigenvalue weighted by molar-refractivity contribution is -0.140. The molecule has 0 aliphatic rings. The number of rotatable bonds is 9. The highest BCUT2D eigenvalue weighted by atomic mass is 35.5. The van der Waals surface area contributed by atoms with Crippen LogP contribution in [0.4, 0.5) is 5.69 Å². The number of halogens is 3. The Bertz CT molecular complexity index is 1420. The van der Waals surface area contributed by atoms with Crippen molar-refractivity contribution in [3.05, 3.63) is 93.4 Å². The average molecular weight is 611 g/mol. The van der Waals surface area contributed by atoms with Crippen molar-refractivity contribution in [1.82, 2.24) is 10.2 Å². The standard InChI is InChI=1S/C28H30Cl3N3O4S/c1-19(27(36)32-28(2,3)4)33(17-23-24(30)14-9-15-25(23)31)26(35)18-34(21-11-8-10-20(29)16-21)39(37,38)22-12-6-5-7-13-22/h5-16,19H,17-18H2,1-4H3,(H,32,36). The summed E-state index contributed by atoms with van der Waals surface area (Å²) < 4.78 is 28.5. The summed E-state index contributed by atoms with van der Waals surface area (Å²) in [6, 6.07) is 17.9. The summed E-state index contributed by atoms with van der Waals surface area (Å²) in [5.41, 5.74) is 0.0676. The smallest absolute Gasteiger partial charge is 0.264 e. The van der Waals surface area contributed by atoms with E-state index in [9.17, 15) is 18.0 Å². The van der Waals surface area contributed by atoms with Crippen LogP contribution in [0, 0.1) is 0 Å². The molecule has 0 saturated heterocycles. The largest absolute Gasteiger partial charge is 0.350 e. The molecule has 0 radical (unpaired) electrons. The zero-order chi connectivity index (χ0) is 29.0. The quantitative estimate of drug-likeness (QED) is 0.314. The average Bonchev–Trinajstić information content (AvgIpc) is 2.86. The molecule has 1 unspecified atom stereocenters. The summed E-state index contributed by atoms with van der Waals surface area (Å²) in [6.45, 7) is 6.31. The van der Waals surface area contributed by atoms with Crippen molar-refractivity contribution in [1.29, 1.82) is 0 Å². The third kappa shape index (κ3) is 7.88. The van der Waals surface area contributed by atoms with Gasteiger partial charge in [0.1, 0.15) is 12.6 Å². The van der Waals surface area contributed by atoms with Gasteiger partial charge in [0.2, 0.25) is 11.8 Å². The Hall–Kier alpha value is -2.78. The van der Waals surface area contributed by atoms with E-state index in [0.717, 1.165) is 4.31 Å². The van der Waals surface area contributed by atoms with Gasteiger partial charge in [-0.3, -0.25) is 13.9 Å². The van der Waals surface area contributed by atoms with Gasteiger partial charge in [-0.15, -0.1) is 0 Å². The van der Waals surface area contributed by atoms with Crippen molar-refractivity contribution < 1.29 is 18.0 Å². The number of carbonyl (C=O) groups is 2. The summed E-state index contributed by atoms with van der Waals surface area (Å²) in [6.07, 6.45) is 0. The van der Waals surface area contributed by atoms with E-state index in [2.05, 4.69) is 5.32 Å². The molecular formula is C28H30Cl3N3O4S. The lowest BCUT2D eigenvalue weighted by atomic mass is 10.1. The van der Waals surface area contributed by atoms with E-state index in [1.807, 2.05) is 20.8 Å². The molecule has 0 heterocycles. The van der Waals surface area contributed by atoms with E-state index in [4.69, 9.17) is 34.8 Å². The Morgan fingerprint density at radius 2 is 1.49 bits per heavy atom. The Balaban J connectivity index is 2.07. The van der Waals surface area contributed by atoms with Gasteiger partial charge in [0.05, 0.1) is 10.6 Å². The topological polar surface area (TPSA) is 86.8 Å². The molecule has 7 nitrogen and oxygen atoms in total. The van der Waals surface area contributed by atoms with Gasteiger partial charge < -0.3 is 10.2 Å². The van der Waals surface area contributed by atoms with Gasteiger partial charge in [0, 0.05) is 32.7 Å². The second kappa shape index (κ2) is 12.6. The Morgan fingerprint density at radius 3 is 2.05 bits per heavy atom. The SMILES string of the molecule is CC(C(=O)NC(C)(C)C)N(Cc1c(Cl)cccc1Cl)C(=O)CN(c1cccc(Cl)c1)S(=O)(=O)c1ccccc1. The van der Waals surface area contributed by atoms with Crippen LogP contribution in [0.1, 0.15) is 33.3 Å². The van der Waals surface area contributed by atoms with Crippen molar-refractivity contribution in [3.8, 4) is 0 Å². The molecule has 0 aliphatic carbocycles. The fourth-order valence-electron chi connectivity index (χ4n) is 3.79. The first-order chi connectivity index (χ1) is 18.2. The van der Waals surface area contributed by atoms with Gasteiger partial charge in [-0.2, -0.15) is 0 Å². The number of benzene rings is 3. The van der Waals surface area contributed by atoms with Crippen LogP contribution in [0.3, 0.4) is 0 Å². The van der Waals surface area contributed by atoms with E-state index in [1.165, 1.54) is 23.1 Å². The second-order valence-corrected chi connectivity index (χ2v) is 13.1. The lowest BCUT2D eigenvalue weighted by Gasteiger charge is -2.33. The highest BCUT2D eigenvalue weighted by Crippen LogP contribution is 2.29. The minimum Gasteiger partial charge on any atom is -0.350 e. The van der Waals surface area contributed by atoms with E-state index in [0.29, 0.717) is 20.6 Å². The molecule has 2 amide bonds. The molecule has 3 rings (SSSR count). The van der Waals surface area contributed by atoms with Gasteiger partial charge in [-0.1, -0.05) is 65.1 Å². The zero-order valence-corrected chi connectivity index (χ0v) is 25.1. The Labute approximate surface area is 244 Å². The number of carbonyl (C=O) groups excluding carboxylic acids is 2. The maximum absolute atomic E-state index is 13.9. The lowest BCUT2D eigenvalue weighted by Crippen LogP contribution is -2.54. The van der Waals surface area contributed by atoms with Crippen molar-refractivity contribution in [2.45, 2.75) is 50.7 Å². The number of nitrogens with one attached hydrogen (secondary N) is 1. The molecule has 0 aliphatic heterocycles. The third-order valence-corrected chi connectivity index (χ3v) is 8.49. The molecule has 0 bridgehead atoms. The monoisotopic (exact) mass is 609 g/mol. The van der Waals surface area contributed by atoms with Crippen LogP contribution in [0.5, 0.6) is 0 Å². The number of amides is 2. The second-order valence-electron chi connectivity index (χ2n) is 9.94. The first-order valence-electron chi connectivity index (χ1n) is 12.1. The third-order valence-electron chi connectivity index (χ3n) is 5.76. The number of sulfonamides is 1. The molecule has 0 aromatic heterocycles. The van der Waals surface area contributed by atoms with Gasteiger partial charge in [-0.25, -0.2) is 8.42 Å². The number of anilines is 1. The molecule has 0 spiro atoms. The summed E-state index contributed by atoms with van der Waals surface area (Å²) in [5, 5.41) is 3.79. The maximum Gasteiger partial charge on any atom is 0.264 e. The maximum atomic E-state index is 13.9. The zero-order valence-electron chi connectivity index (χ0n) is 22.0. The van der Waals surface area contributed by atoms with Crippen LogP contribution in [-0.2, 0) is 26.2 Å². The first-order valence-corrected chi connectivity index (χ1v) is 14.7. The molecule has 3 aromatic carbocycles. The van der Waals surface area contributed by atoms with Crippen molar-refractivity contribution in [2.75, 3.05) is 10.8 Å². The first kappa shape index (κ1) is 30.8. The highest BCUT2D eigenvalue weighted by molar-refractivity contribution is 7.92. The molecule has 0 fully saturated rings. The Kier molecular flexibility index (Phi) is 9.93. The summed E-state index contributed by atoms with van der Waals surface area (Å²) in [5.74, 6) is -1.05. The number of nitrogens with zero attached hydrogens (tertiary/aromatic N) is 2. The Morgan fingerprint density at radius 1 is 0.897 bits per heavy atom. The normalized spacial score (nSPS) is 12.5. The molecular weight excluding hydrogens is 581 g/mol. The molecule has 11 heteroatoms. The molecule has 39 heavy (non-hydrogen) atoms. The predicted octanol–water partition coefficient (Wildman–Crippen LogP) is 6.17. The van der Waals surface area contributed by atoms with E-state index >= 15 is 0 Å². The van der Waals surface area contributed by atoms with Crippen molar-refractivity contribution in [3.63, 3.8) is 0 Å². The van der Waals surface area contributed by atoms with Gasteiger partial charge >= 0.3 is 0 Å². The van der Waals surface area contributed by atoms with Crippen LogP contribution in [-0.4, -0.2) is 43.3 Å². The number of hydrogen-bond donors (Lipinski definition) is 1. The molecule has 1 atom stereocenters. The minimum absolute atomic E-state index is 0.00278. The summed E-state index contributed by atoms with van der Waals surface area (Å²) in [7, 11) is -4.19. The van der Waals surface area contributed by atoms with E-state index in [-0.39, 0.29) is 17.1 Å². The molecule has 0 saturated carbocycles. The van der Waals surface area contributed by atoms with Crippen molar-refractivity contribution >= 4 is 62.3 Å². The molecule has 1 N–H and O–H groups in total. The molecule has 208 valence electrons. The van der Waals surface area contributed by atoms with Gasteiger partial charge in [0.25, 0.3) is 10.0 Å². The van der Waals surface area contributed by atoms with E-state index in [1.54, 1.807) is 61.5 Å².